The Morgan fingerprint density at radius 3 is 2.47 bits per heavy atom. The normalized spacial score (nSPS) is 11.2. The summed E-state index contributed by atoms with van der Waals surface area (Å²) in [6.07, 6.45) is -1.22. The number of nitrogens with one attached hydrogen (secondary N) is 1. The third-order valence-electron chi connectivity index (χ3n) is 3.99. The number of nitro benzene ring substituents is 1. The van der Waals surface area contributed by atoms with E-state index in [1.54, 1.807) is 31.2 Å². The van der Waals surface area contributed by atoms with Gasteiger partial charge in [0.15, 0.2) is 17.6 Å². The van der Waals surface area contributed by atoms with E-state index in [1.807, 2.05) is 0 Å². The third-order valence-corrected chi connectivity index (χ3v) is 3.99. The Kier molecular flexibility index (Phi) is 7.56. The number of nitro groups is 1. The Labute approximate surface area is 172 Å². The minimum Gasteiger partial charge on any atom is -0.497 e. The van der Waals surface area contributed by atoms with Gasteiger partial charge in [0.1, 0.15) is 11.3 Å². The number of carbonyl (C=O) groups excluding carboxylic acids is 2. The zero-order chi connectivity index (χ0) is 22.3. The fourth-order valence-electron chi connectivity index (χ4n) is 2.51. The fraction of sp³-hybridized carbons (Fsp3) is 0.300. The summed E-state index contributed by atoms with van der Waals surface area (Å²) >= 11 is 0. The minimum atomic E-state index is -1.22. The van der Waals surface area contributed by atoms with E-state index >= 15 is 0 Å². The number of amides is 1. The zero-order valence-corrected chi connectivity index (χ0v) is 17.0. The summed E-state index contributed by atoms with van der Waals surface area (Å²) in [7, 11) is 2.83. The second-order valence-corrected chi connectivity index (χ2v) is 5.98. The number of methoxy groups -OCH3 is 2. The lowest BCUT2D eigenvalue weighted by Crippen LogP contribution is -2.30. The van der Waals surface area contributed by atoms with E-state index in [-0.39, 0.29) is 23.7 Å². The highest BCUT2D eigenvalue weighted by atomic mass is 16.6. The van der Waals surface area contributed by atoms with E-state index < -0.39 is 28.6 Å². The number of rotatable bonds is 9. The number of carbonyl (C=O) groups is 2. The van der Waals surface area contributed by atoms with Crippen LogP contribution in [-0.4, -0.2) is 43.7 Å². The lowest BCUT2D eigenvalue weighted by atomic mass is 10.1. The van der Waals surface area contributed by atoms with Crippen LogP contribution in [0.1, 0.15) is 24.2 Å². The Bertz CT molecular complexity index is 944. The lowest BCUT2D eigenvalue weighted by molar-refractivity contribution is -0.385. The average Bonchev–Trinajstić information content (AvgIpc) is 2.73. The van der Waals surface area contributed by atoms with Crippen molar-refractivity contribution in [3.8, 4) is 17.2 Å². The second-order valence-electron chi connectivity index (χ2n) is 5.98. The van der Waals surface area contributed by atoms with E-state index in [0.29, 0.717) is 11.4 Å². The SMILES string of the molecule is CCOc1cc([N+](=O)[O-])c(C(=O)O[C@@H](C)C(=O)Nc2cccc(OC)c2)cc1OC. The van der Waals surface area contributed by atoms with Crippen LogP contribution in [0.15, 0.2) is 36.4 Å². The molecule has 0 aliphatic heterocycles. The van der Waals surface area contributed by atoms with Gasteiger partial charge < -0.3 is 24.3 Å². The summed E-state index contributed by atoms with van der Waals surface area (Å²) in [6, 6.07) is 8.85. The third kappa shape index (κ3) is 5.37. The Hall–Kier alpha value is -3.82. The van der Waals surface area contributed by atoms with E-state index in [1.165, 1.54) is 21.1 Å². The molecular weight excluding hydrogens is 396 g/mol. The topological polar surface area (TPSA) is 126 Å². The molecule has 0 saturated heterocycles. The molecule has 30 heavy (non-hydrogen) atoms. The van der Waals surface area contributed by atoms with Crippen molar-refractivity contribution in [3.05, 3.63) is 52.1 Å². The summed E-state index contributed by atoms with van der Waals surface area (Å²) in [4.78, 5) is 35.6. The molecule has 10 heteroatoms. The molecule has 0 radical (unpaired) electrons. The van der Waals surface area contributed by atoms with Crippen molar-refractivity contribution in [2.75, 3.05) is 26.1 Å². The molecule has 0 aromatic heterocycles. The standard InChI is InChI=1S/C20H22N2O8/c1-5-29-18-11-16(22(25)26)15(10-17(18)28-4)20(24)30-12(2)19(23)21-13-7-6-8-14(9-13)27-3/h6-12H,5H2,1-4H3,(H,21,23)/t12-/m0/s1. The van der Waals surface area contributed by atoms with Crippen LogP contribution in [0.25, 0.3) is 0 Å². The van der Waals surface area contributed by atoms with Gasteiger partial charge in [-0.05, 0) is 26.0 Å². The quantitative estimate of drug-likeness (QED) is 0.374. The van der Waals surface area contributed by atoms with Gasteiger partial charge in [-0.2, -0.15) is 0 Å². The van der Waals surface area contributed by atoms with Gasteiger partial charge in [0, 0.05) is 17.8 Å². The Morgan fingerprint density at radius 1 is 1.13 bits per heavy atom. The summed E-state index contributed by atoms with van der Waals surface area (Å²) in [5, 5.41) is 14.0. The molecule has 0 spiro atoms. The maximum atomic E-state index is 12.6. The molecule has 0 bridgehead atoms. The molecule has 2 aromatic carbocycles. The van der Waals surface area contributed by atoms with Crippen LogP contribution in [0.2, 0.25) is 0 Å². The van der Waals surface area contributed by atoms with E-state index in [2.05, 4.69) is 5.32 Å². The first-order chi connectivity index (χ1) is 14.3. The van der Waals surface area contributed by atoms with Crippen molar-refractivity contribution in [1.82, 2.24) is 0 Å². The largest absolute Gasteiger partial charge is 0.497 e. The number of anilines is 1. The maximum Gasteiger partial charge on any atom is 0.346 e. The zero-order valence-electron chi connectivity index (χ0n) is 17.0. The van der Waals surface area contributed by atoms with Gasteiger partial charge in [-0.1, -0.05) is 6.07 Å². The van der Waals surface area contributed by atoms with Crippen molar-refractivity contribution in [2.45, 2.75) is 20.0 Å². The number of benzene rings is 2. The van der Waals surface area contributed by atoms with Crippen molar-refractivity contribution >= 4 is 23.3 Å². The lowest BCUT2D eigenvalue weighted by Gasteiger charge is -2.15. The van der Waals surface area contributed by atoms with Crippen molar-refractivity contribution in [3.63, 3.8) is 0 Å². The molecule has 1 atom stereocenters. The molecule has 2 aromatic rings. The minimum absolute atomic E-state index is 0.118. The van der Waals surface area contributed by atoms with Gasteiger partial charge in [-0.25, -0.2) is 4.79 Å². The number of esters is 1. The maximum absolute atomic E-state index is 12.6. The van der Waals surface area contributed by atoms with Crippen molar-refractivity contribution in [1.29, 1.82) is 0 Å². The smallest absolute Gasteiger partial charge is 0.346 e. The van der Waals surface area contributed by atoms with E-state index in [0.717, 1.165) is 12.1 Å². The fourth-order valence-corrected chi connectivity index (χ4v) is 2.51. The molecule has 160 valence electrons. The Morgan fingerprint density at radius 2 is 1.87 bits per heavy atom. The van der Waals surface area contributed by atoms with Gasteiger partial charge >= 0.3 is 5.97 Å². The first-order valence-corrected chi connectivity index (χ1v) is 8.95. The summed E-state index contributed by atoms with van der Waals surface area (Å²) < 4.78 is 20.6. The summed E-state index contributed by atoms with van der Waals surface area (Å²) in [5.74, 6) is -0.877. The van der Waals surface area contributed by atoms with Crippen LogP contribution < -0.4 is 19.5 Å². The van der Waals surface area contributed by atoms with Crippen LogP contribution in [0.4, 0.5) is 11.4 Å². The molecular formula is C20H22N2O8. The van der Waals surface area contributed by atoms with Crippen LogP contribution in [0.5, 0.6) is 17.2 Å². The van der Waals surface area contributed by atoms with Gasteiger partial charge in [0.25, 0.3) is 11.6 Å². The number of hydrogen-bond donors (Lipinski definition) is 1. The second kappa shape index (κ2) is 10.1. The highest BCUT2D eigenvalue weighted by molar-refractivity contribution is 5.99. The molecule has 1 N–H and O–H groups in total. The molecule has 0 saturated carbocycles. The van der Waals surface area contributed by atoms with Crippen LogP contribution in [0.3, 0.4) is 0 Å². The first-order valence-electron chi connectivity index (χ1n) is 8.95. The molecule has 10 nitrogen and oxygen atoms in total. The number of ether oxygens (including phenoxy) is 4. The van der Waals surface area contributed by atoms with Gasteiger partial charge in [0.2, 0.25) is 0 Å². The highest BCUT2D eigenvalue weighted by Gasteiger charge is 2.28. The van der Waals surface area contributed by atoms with Crippen LogP contribution in [-0.2, 0) is 9.53 Å². The van der Waals surface area contributed by atoms with Gasteiger partial charge in [-0.15, -0.1) is 0 Å². The monoisotopic (exact) mass is 418 g/mol. The molecule has 0 fully saturated rings. The van der Waals surface area contributed by atoms with Crippen molar-refractivity contribution in [2.24, 2.45) is 0 Å². The summed E-state index contributed by atoms with van der Waals surface area (Å²) in [6.45, 7) is 3.31. The molecule has 2 rings (SSSR count). The van der Waals surface area contributed by atoms with Gasteiger partial charge in [0.05, 0.1) is 31.8 Å². The molecule has 0 aliphatic rings. The molecule has 0 heterocycles. The first kappa shape index (κ1) is 22.5. The van der Waals surface area contributed by atoms with E-state index in [4.69, 9.17) is 18.9 Å². The number of nitrogens with zero attached hydrogens (tertiary/aromatic N) is 1. The van der Waals surface area contributed by atoms with Crippen LogP contribution in [0, 0.1) is 10.1 Å². The number of hydrogen-bond acceptors (Lipinski definition) is 8. The Balaban J connectivity index is 2.20. The highest BCUT2D eigenvalue weighted by Crippen LogP contribution is 2.35. The average molecular weight is 418 g/mol. The molecule has 0 unspecified atom stereocenters. The summed E-state index contributed by atoms with van der Waals surface area (Å²) in [5.41, 5.74) is -0.443. The predicted molar refractivity (Wildman–Crippen MR) is 107 cm³/mol. The van der Waals surface area contributed by atoms with Crippen molar-refractivity contribution < 1.29 is 33.5 Å². The van der Waals surface area contributed by atoms with Gasteiger partial charge in [-0.3, -0.25) is 14.9 Å². The molecule has 1 amide bonds. The van der Waals surface area contributed by atoms with Crippen LogP contribution >= 0.6 is 0 Å². The van der Waals surface area contributed by atoms with E-state index in [9.17, 15) is 19.7 Å². The predicted octanol–water partition coefficient (Wildman–Crippen LogP) is 3.19. The molecule has 0 aliphatic carbocycles.